The maximum absolute atomic E-state index is 12.9. The van der Waals surface area contributed by atoms with E-state index in [9.17, 15) is 14.7 Å². The van der Waals surface area contributed by atoms with Crippen molar-refractivity contribution in [3.63, 3.8) is 0 Å². The average molecular weight is 386 g/mol. The lowest BCUT2D eigenvalue weighted by molar-refractivity contribution is -0.149. The lowest BCUT2D eigenvalue weighted by atomic mass is 9.72. The molecule has 2 aromatic rings. The molecule has 0 aromatic heterocycles. The average Bonchev–Trinajstić information content (AvgIpc) is 2.69. The summed E-state index contributed by atoms with van der Waals surface area (Å²) in [5, 5.41) is 10.6. The number of benzene rings is 2. The molecule has 1 saturated heterocycles. The first-order valence-electron chi connectivity index (χ1n) is 9.25. The van der Waals surface area contributed by atoms with Crippen molar-refractivity contribution in [3.8, 4) is 0 Å². The van der Waals surface area contributed by atoms with Crippen molar-refractivity contribution in [2.24, 2.45) is 5.92 Å². The molecule has 1 aliphatic heterocycles. The summed E-state index contributed by atoms with van der Waals surface area (Å²) in [7, 11) is 0. The zero-order valence-electron chi connectivity index (χ0n) is 15.4. The maximum atomic E-state index is 12.9. The summed E-state index contributed by atoms with van der Waals surface area (Å²) in [6, 6.07) is 16.9. The fraction of sp³-hybridized carbons (Fsp3) is 0.364. The van der Waals surface area contributed by atoms with Crippen LogP contribution in [0.5, 0.6) is 0 Å². The number of hydrogen-bond donors (Lipinski definition) is 1. The molecule has 1 heterocycles. The molecule has 0 aliphatic carbocycles. The fourth-order valence-corrected chi connectivity index (χ4v) is 4.10. The monoisotopic (exact) mass is 385 g/mol. The summed E-state index contributed by atoms with van der Waals surface area (Å²) < 4.78 is 0. The minimum Gasteiger partial charge on any atom is -0.481 e. The van der Waals surface area contributed by atoms with E-state index in [-0.39, 0.29) is 11.8 Å². The topological polar surface area (TPSA) is 57.6 Å². The molecule has 2 aromatic carbocycles. The molecule has 3 rings (SSSR count). The molecule has 1 atom stereocenters. The standard InChI is InChI=1S/C22H24ClNO3/c1-16(15-17-7-5-6-10-19(17)23)20(25)24-13-11-22(12-14-24,21(26)27)18-8-3-2-4-9-18/h2-10,16H,11-15H2,1H3,(H,26,27). The first-order valence-corrected chi connectivity index (χ1v) is 9.63. The first-order chi connectivity index (χ1) is 12.9. The van der Waals surface area contributed by atoms with Gasteiger partial charge in [-0.25, -0.2) is 0 Å². The van der Waals surface area contributed by atoms with Crippen LogP contribution in [0.1, 0.15) is 30.9 Å². The Morgan fingerprint density at radius 2 is 1.67 bits per heavy atom. The van der Waals surface area contributed by atoms with Gasteiger partial charge in [-0.2, -0.15) is 0 Å². The van der Waals surface area contributed by atoms with Crippen LogP contribution in [0, 0.1) is 5.92 Å². The molecule has 0 bridgehead atoms. The Kier molecular flexibility index (Phi) is 5.85. The normalized spacial score (nSPS) is 17.3. The highest BCUT2D eigenvalue weighted by atomic mass is 35.5. The van der Waals surface area contributed by atoms with Crippen LogP contribution >= 0.6 is 11.6 Å². The van der Waals surface area contributed by atoms with E-state index >= 15 is 0 Å². The summed E-state index contributed by atoms with van der Waals surface area (Å²) in [6.45, 7) is 2.81. The molecular weight excluding hydrogens is 362 g/mol. The summed E-state index contributed by atoms with van der Waals surface area (Å²) in [5.41, 5.74) is 0.860. The van der Waals surface area contributed by atoms with E-state index in [4.69, 9.17) is 11.6 Å². The molecular formula is C22H24ClNO3. The predicted molar refractivity (Wildman–Crippen MR) is 106 cm³/mol. The van der Waals surface area contributed by atoms with Gasteiger partial charge in [0.1, 0.15) is 0 Å². The molecule has 142 valence electrons. The van der Waals surface area contributed by atoms with Crippen molar-refractivity contribution < 1.29 is 14.7 Å². The number of carbonyl (C=O) groups excluding carboxylic acids is 1. The van der Waals surface area contributed by atoms with Crippen molar-refractivity contribution in [1.29, 1.82) is 0 Å². The lowest BCUT2D eigenvalue weighted by Crippen LogP contribution is -2.50. The molecule has 1 N–H and O–H groups in total. The Hall–Kier alpha value is -2.33. The second-order valence-electron chi connectivity index (χ2n) is 7.28. The Balaban J connectivity index is 1.68. The van der Waals surface area contributed by atoms with Gasteiger partial charge in [0.25, 0.3) is 0 Å². The van der Waals surface area contributed by atoms with E-state index in [0.29, 0.717) is 37.4 Å². The molecule has 4 nitrogen and oxygen atoms in total. The summed E-state index contributed by atoms with van der Waals surface area (Å²) in [5.74, 6) is -0.953. The van der Waals surface area contributed by atoms with E-state index in [1.807, 2.05) is 61.5 Å². The van der Waals surface area contributed by atoms with E-state index in [0.717, 1.165) is 11.1 Å². The van der Waals surface area contributed by atoms with Crippen LogP contribution in [-0.2, 0) is 21.4 Å². The fourth-order valence-electron chi connectivity index (χ4n) is 3.88. The summed E-state index contributed by atoms with van der Waals surface area (Å²) in [6.07, 6.45) is 1.44. The van der Waals surface area contributed by atoms with Crippen molar-refractivity contribution in [1.82, 2.24) is 4.90 Å². The molecule has 5 heteroatoms. The number of amides is 1. The number of halogens is 1. The van der Waals surface area contributed by atoms with E-state index < -0.39 is 11.4 Å². The first kappa shape index (κ1) is 19.4. The van der Waals surface area contributed by atoms with Crippen LogP contribution in [0.25, 0.3) is 0 Å². The Morgan fingerprint density at radius 3 is 2.26 bits per heavy atom. The number of likely N-dealkylation sites (tertiary alicyclic amines) is 1. The summed E-state index contributed by atoms with van der Waals surface area (Å²) >= 11 is 6.21. The number of carboxylic acid groups (broad SMARTS) is 1. The van der Waals surface area contributed by atoms with Crippen LogP contribution in [0.4, 0.5) is 0 Å². The third kappa shape index (κ3) is 4.01. The molecule has 0 saturated carbocycles. The third-order valence-corrected chi connectivity index (χ3v) is 5.94. The zero-order chi connectivity index (χ0) is 19.4. The number of carboxylic acids is 1. The van der Waals surface area contributed by atoms with Crippen LogP contribution in [0.15, 0.2) is 54.6 Å². The quantitative estimate of drug-likeness (QED) is 0.840. The van der Waals surface area contributed by atoms with E-state index in [2.05, 4.69) is 0 Å². The largest absolute Gasteiger partial charge is 0.481 e. The van der Waals surface area contributed by atoms with Gasteiger partial charge in [-0.1, -0.05) is 67.1 Å². The number of carbonyl (C=O) groups is 2. The van der Waals surface area contributed by atoms with Crippen LogP contribution in [-0.4, -0.2) is 35.0 Å². The molecule has 1 unspecified atom stereocenters. The van der Waals surface area contributed by atoms with Gasteiger partial charge in [-0.3, -0.25) is 9.59 Å². The van der Waals surface area contributed by atoms with Gasteiger partial charge in [0, 0.05) is 24.0 Å². The Bertz CT molecular complexity index is 813. The Morgan fingerprint density at radius 1 is 1.07 bits per heavy atom. The van der Waals surface area contributed by atoms with Gasteiger partial charge in [0.15, 0.2) is 0 Å². The van der Waals surface area contributed by atoms with Gasteiger partial charge < -0.3 is 10.0 Å². The van der Waals surface area contributed by atoms with Gasteiger partial charge in [-0.05, 0) is 36.5 Å². The van der Waals surface area contributed by atoms with Crippen molar-refractivity contribution in [2.75, 3.05) is 13.1 Å². The SMILES string of the molecule is CC(Cc1ccccc1Cl)C(=O)N1CCC(C(=O)O)(c2ccccc2)CC1. The molecule has 1 amide bonds. The molecule has 0 radical (unpaired) electrons. The lowest BCUT2D eigenvalue weighted by Gasteiger charge is -2.40. The number of hydrogen-bond acceptors (Lipinski definition) is 2. The number of aliphatic carboxylic acids is 1. The predicted octanol–water partition coefficient (Wildman–Crippen LogP) is 4.16. The molecule has 1 aliphatic rings. The van der Waals surface area contributed by atoms with Gasteiger partial charge >= 0.3 is 5.97 Å². The summed E-state index contributed by atoms with van der Waals surface area (Å²) in [4.78, 5) is 26.7. The Labute approximate surface area is 164 Å². The minimum atomic E-state index is -0.913. The van der Waals surface area contributed by atoms with Crippen LogP contribution in [0.3, 0.4) is 0 Å². The molecule has 0 spiro atoms. The second kappa shape index (κ2) is 8.13. The maximum Gasteiger partial charge on any atom is 0.314 e. The second-order valence-corrected chi connectivity index (χ2v) is 7.68. The van der Waals surface area contributed by atoms with Gasteiger partial charge in [0.2, 0.25) is 5.91 Å². The zero-order valence-corrected chi connectivity index (χ0v) is 16.2. The third-order valence-electron chi connectivity index (χ3n) is 5.57. The smallest absolute Gasteiger partial charge is 0.314 e. The van der Waals surface area contributed by atoms with Gasteiger partial charge in [0.05, 0.1) is 5.41 Å². The minimum absolute atomic E-state index is 0.0574. The number of nitrogens with zero attached hydrogens (tertiary/aromatic N) is 1. The number of rotatable bonds is 5. The van der Waals surface area contributed by atoms with Crippen molar-refractivity contribution in [3.05, 3.63) is 70.7 Å². The number of piperidine rings is 1. The molecule has 1 fully saturated rings. The highest BCUT2D eigenvalue weighted by Crippen LogP contribution is 2.36. The highest BCUT2D eigenvalue weighted by Gasteiger charge is 2.44. The highest BCUT2D eigenvalue weighted by molar-refractivity contribution is 6.31. The van der Waals surface area contributed by atoms with Crippen LogP contribution < -0.4 is 0 Å². The van der Waals surface area contributed by atoms with Gasteiger partial charge in [-0.15, -0.1) is 0 Å². The molecule has 27 heavy (non-hydrogen) atoms. The van der Waals surface area contributed by atoms with Crippen LogP contribution in [0.2, 0.25) is 5.02 Å². The van der Waals surface area contributed by atoms with Crippen molar-refractivity contribution >= 4 is 23.5 Å². The van der Waals surface area contributed by atoms with E-state index in [1.54, 1.807) is 4.90 Å². The van der Waals surface area contributed by atoms with Crippen molar-refractivity contribution in [2.45, 2.75) is 31.6 Å². The van der Waals surface area contributed by atoms with E-state index in [1.165, 1.54) is 0 Å².